The second-order valence-corrected chi connectivity index (χ2v) is 8.66. The number of benzene rings is 1. The van der Waals surface area contributed by atoms with Gasteiger partial charge in [-0.05, 0) is 66.7 Å². The van der Waals surface area contributed by atoms with Crippen LogP contribution in [0.15, 0.2) is 27.1 Å². The lowest BCUT2D eigenvalue weighted by atomic mass is 9.95. The first-order valence-electron chi connectivity index (χ1n) is 7.74. The van der Waals surface area contributed by atoms with Crippen molar-refractivity contribution in [2.75, 3.05) is 18.4 Å². The van der Waals surface area contributed by atoms with Crippen molar-refractivity contribution in [2.24, 2.45) is 11.8 Å². The number of hydrogen-bond acceptors (Lipinski definition) is 3. The SMILES string of the molecule is CC(C)C(CNC(=O)OC(C)(C)C)CNc1ccc(Br)cc1Br. The maximum Gasteiger partial charge on any atom is 0.407 e. The van der Waals surface area contributed by atoms with Crippen molar-refractivity contribution < 1.29 is 9.53 Å². The zero-order valence-corrected chi connectivity index (χ0v) is 17.5. The fourth-order valence-electron chi connectivity index (χ4n) is 1.95. The van der Waals surface area contributed by atoms with E-state index < -0.39 is 5.60 Å². The molecule has 0 aromatic heterocycles. The molecule has 0 aliphatic heterocycles. The Bertz CT molecular complexity index is 528. The van der Waals surface area contributed by atoms with Crippen LogP contribution in [0.4, 0.5) is 10.5 Å². The Morgan fingerprint density at radius 1 is 1.22 bits per heavy atom. The molecule has 2 N–H and O–H groups in total. The molecule has 1 aromatic carbocycles. The van der Waals surface area contributed by atoms with Crippen molar-refractivity contribution >= 4 is 43.6 Å². The van der Waals surface area contributed by atoms with Gasteiger partial charge in [0.25, 0.3) is 0 Å². The third-order valence-corrected chi connectivity index (χ3v) is 4.49. The predicted molar refractivity (Wildman–Crippen MR) is 103 cm³/mol. The van der Waals surface area contributed by atoms with Crippen LogP contribution in [0.25, 0.3) is 0 Å². The van der Waals surface area contributed by atoms with Crippen LogP contribution in [0.5, 0.6) is 0 Å². The molecule has 23 heavy (non-hydrogen) atoms. The summed E-state index contributed by atoms with van der Waals surface area (Å²) in [6.07, 6.45) is -0.368. The van der Waals surface area contributed by atoms with Gasteiger partial charge in [0, 0.05) is 27.7 Å². The van der Waals surface area contributed by atoms with Crippen molar-refractivity contribution in [3.8, 4) is 0 Å². The molecule has 4 nitrogen and oxygen atoms in total. The van der Waals surface area contributed by atoms with Crippen LogP contribution in [-0.4, -0.2) is 24.8 Å². The third-order valence-electron chi connectivity index (χ3n) is 3.34. The molecular weight excluding hydrogens is 424 g/mol. The summed E-state index contributed by atoms with van der Waals surface area (Å²) in [6, 6.07) is 6.02. The standard InChI is InChI=1S/C17H26Br2N2O2/c1-11(2)12(10-21-16(22)23-17(3,4)5)9-20-15-7-6-13(18)8-14(15)19/h6-8,11-12,20H,9-10H2,1-5H3,(H,21,22). The second kappa shape index (κ2) is 8.92. The minimum absolute atomic E-state index is 0.304. The molecule has 0 saturated carbocycles. The first kappa shape index (κ1) is 20.3. The fraction of sp³-hybridized carbons (Fsp3) is 0.588. The highest BCUT2D eigenvalue weighted by Crippen LogP contribution is 2.26. The number of ether oxygens (including phenoxy) is 1. The van der Waals surface area contributed by atoms with Gasteiger partial charge in [0.2, 0.25) is 0 Å². The van der Waals surface area contributed by atoms with E-state index in [-0.39, 0.29) is 6.09 Å². The third kappa shape index (κ3) is 8.06. The lowest BCUT2D eigenvalue weighted by molar-refractivity contribution is 0.0516. The monoisotopic (exact) mass is 448 g/mol. The van der Waals surface area contributed by atoms with Gasteiger partial charge >= 0.3 is 6.09 Å². The zero-order valence-electron chi connectivity index (χ0n) is 14.4. The van der Waals surface area contributed by atoms with Gasteiger partial charge in [0.15, 0.2) is 0 Å². The van der Waals surface area contributed by atoms with Gasteiger partial charge in [0.1, 0.15) is 5.60 Å². The molecule has 1 atom stereocenters. The number of anilines is 1. The second-order valence-electron chi connectivity index (χ2n) is 6.89. The minimum atomic E-state index is -0.474. The largest absolute Gasteiger partial charge is 0.444 e. The number of rotatable bonds is 6. The number of hydrogen-bond donors (Lipinski definition) is 2. The van der Waals surface area contributed by atoms with Gasteiger partial charge in [-0.2, -0.15) is 0 Å². The van der Waals surface area contributed by atoms with Crippen molar-refractivity contribution in [3.63, 3.8) is 0 Å². The van der Waals surface area contributed by atoms with Crippen LogP contribution in [0.3, 0.4) is 0 Å². The van der Waals surface area contributed by atoms with Crippen LogP contribution in [0.1, 0.15) is 34.6 Å². The maximum atomic E-state index is 11.8. The number of amides is 1. The molecule has 0 saturated heterocycles. The molecule has 1 rings (SSSR count). The Labute approximate surface area is 156 Å². The molecular formula is C17H26Br2N2O2. The van der Waals surface area contributed by atoms with Crippen molar-refractivity contribution in [1.29, 1.82) is 0 Å². The van der Waals surface area contributed by atoms with Crippen LogP contribution in [0.2, 0.25) is 0 Å². The van der Waals surface area contributed by atoms with E-state index in [1.165, 1.54) is 0 Å². The summed E-state index contributed by atoms with van der Waals surface area (Å²) in [5, 5.41) is 6.29. The topological polar surface area (TPSA) is 50.4 Å². The average Bonchev–Trinajstić information content (AvgIpc) is 2.38. The lowest BCUT2D eigenvalue weighted by Crippen LogP contribution is -2.38. The summed E-state index contributed by atoms with van der Waals surface area (Å²) in [6.45, 7) is 11.2. The summed E-state index contributed by atoms with van der Waals surface area (Å²) in [7, 11) is 0. The van der Waals surface area contributed by atoms with E-state index in [0.717, 1.165) is 21.2 Å². The highest BCUT2D eigenvalue weighted by Gasteiger charge is 2.19. The Hall–Kier alpha value is -0.750. The van der Waals surface area contributed by atoms with Gasteiger partial charge in [-0.1, -0.05) is 29.8 Å². The molecule has 1 aromatic rings. The molecule has 0 aliphatic rings. The van der Waals surface area contributed by atoms with Crippen molar-refractivity contribution in [1.82, 2.24) is 5.32 Å². The maximum absolute atomic E-state index is 11.8. The number of carbonyl (C=O) groups is 1. The Balaban J connectivity index is 2.54. The molecule has 0 fully saturated rings. The molecule has 1 unspecified atom stereocenters. The normalized spacial score (nSPS) is 12.9. The van der Waals surface area contributed by atoms with Crippen LogP contribution >= 0.6 is 31.9 Å². The molecule has 0 aliphatic carbocycles. The lowest BCUT2D eigenvalue weighted by Gasteiger charge is -2.24. The van der Waals surface area contributed by atoms with Gasteiger partial charge in [-0.15, -0.1) is 0 Å². The van der Waals surface area contributed by atoms with E-state index in [9.17, 15) is 4.79 Å². The number of halogens is 2. The van der Waals surface area contributed by atoms with Crippen molar-refractivity contribution in [3.05, 3.63) is 27.1 Å². The Morgan fingerprint density at radius 3 is 2.39 bits per heavy atom. The molecule has 1 amide bonds. The summed E-state index contributed by atoms with van der Waals surface area (Å²) < 4.78 is 7.32. The molecule has 0 bridgehead atoms. The zero-order chi connectivity index (χ0) is 17.6. The molecule has 0 radical (unpaired) electrons. The Kier molecular flexibility index (Phi) is 7.87. The number of nitrogens with one attached hydrogen (secondary N) is 2. The Morgan fingerprint density at radius 2 is 1.87 bits per heavy atom. The van der Waals surface area contributed by atoms with E-state index in [0.29, 0.717) is 18.4 Å². The van der Waals surface area contributed by atoms with Crippen LogP contribution < -0.4 is 10.6 Å². The van der Waals surface area contributed by atoms with E-state index in [2.05, 4.69) is 56.3 Å². The smallest absolute Gasteiger partial charge is 0.407 e. The first-order chi connectivity index (χ1) is 10.6. The number of carbonyl (C=O) groups excluding carboxylic acids is 1. The first-order valence-corrected chi connectivity index (χ1v) is 9.33. The minimum Gasteiger partial charge on any atom is -0.444 e. The van der Waals surface area contributed by atoms with Gasteiger partial charge in [0.05, 0.1) is 0 Å². The fourth-order valence-corrected chi connectivity index (χ4v) is 3.13. The van der Waals surface area contributed by atoms with E-state index >= 15 is 0 Å². The highest BCUT2D eigenvalue weighted by molar-refractivity contribution is 9.11. The quantitative estimate of drug-likeness (QED) is 0.609. The molecule has 0 spiro atoms. The van der Waals surface area contributed by atoms with Gasteiger partial charge < -0.3 is 15.4 Å². The van der Waals surface area contributed by atoms with E-state index in [4.69, 9.17) is 4.74 Å². The summed E-state index contributed by atoms with van der Waals surface area (Å²) in [5.41, 5.74) is 0.564. The van der Waals surface area contributed by atoms with Crippen LogP contribution in [-0.2, 0) is 4.74 Å². The molecule has 0 heterocycles. The summed E-state index contributed by atoms with van der Waals surface area (Å²) >= 11 is 6.99. The molecule has 130 valence electrons. The predicted octanol–water partition coefficient (Wildman–Crippen LogP) is 5.42. The van der Waals surface area contributed by atoms with Crippen molar-refractivity contribution in [2.45, 2.75) is 40.2 Å². The van der Waals surface area contributed by atoms with E-state index in [1.54, 1.807) is 0 Å². The average molecular weight is 450 g/mol. The van der Waals surface area contributed by atoms with Gasteiger partial charge in [-0.3, -0.25) is 0 Å². The van der Waals surface area contributed by atoms with Gasteiger partial charge in [-0.25, -0.2) is 4.79 Å². The summed E-state index contributed by atoms with van der Waals surface area (Å²) in [4.78, 5) is 11.8. The highest BCUT2D eigenvalue weighted by atomic mass is 79.9. The number of alkyl carbamates (subject to hydrolysis) is 1. The van der Waals surface area contributed by atoms with E-state index in [1.807, 2.05) is 39.0 Å². The van der Waals surface area contributed by atoms with Crippen LogP contribution in [0, 0.1) is 11.8 Å². The summed E-state index contributed by atoms with van der Waals surface area (Å²) in [5.74, 6) is 0.740. The molecule has 6 heteroatoms.